The number of hydrogen-bond acceptors (Lipinski definition) is 3. The second kappa shape index (κ2) is 4.74. The zero-order valence-corrected chi connectivity index (χ0v) is 10.7. The Morgan fingerprint density at radius 3 is 2.50 bits per heavy atom. The van der Waals surface area contributed by atoms with Crippen LogP contribution in [0.4, 0.5) is 4.39 Å². The van der Waals surface area contributed by atoms with Crippen LogP contribution in [0.15, 0.2) is 59.0 Å². The van der Waals surface area contributed by atoms with Gasteiger partial charge in [-0.15, -0.1) is 0 Å². The highest BCUT2D eigenvalue weighted by atomic mass is 19.1. The summed E-state index contributed by atoms with van der Waals surface area (Å²) in [6.45, 7) is -0.0571. The number of nitrogens with two attached hydrogens (primary N) is 1. The highest BCUT2D eigenvalue weighted by Crippen LogP contribution is 2.33. The lowest BCUT2D eigenvalue weighted by atomic mass is 9.91. The summed E-state index contributed by atoms with van der Waals surface area (Å²) in [5.74, 6) is -0.215. The van der Waals surface area contributed by atoms with Crippen molar-refractivity contribution in [1.82, 2.24) is 0 Å². The monoisotopic (exact) mass is 271 g/mol. The summed E-state index contributed by atoms with van der Waals surface area (Å²) in [4.78, 5) is 0. The normalized spacial score (nSPS) is 14.3. The highest BCUT2D eigenvalue weighted by molar-refractivity contribution is 5.78. The SMILES string of the molecule is NCC(O)(c1ccccc1)c1cc2cccc(F)c2o1. The van der Waals surface area contributed by atoms with Crippen molar-refractivity contribution >= 4 is 11.0 Å². The van der Waals surface area contributed by atoms with Crippen molar-refractivity contribution in [2.45, 2.75) is 5.60 Å². The van der Waals surface area contributed by atoms with Gasteiger partial charge in [0.05, 0.1) is 0 Å². The smallest absolute Gasteiger partial charge is 0.170 e. The summed E-state index contributed by atoms with van der Waals surface area (Å²) in [7, 11) is 0. The number of fused-ring (bicyclic) bond motifs is 1. The molecule has 1 atom stereocenters. The van der Waals surface area contributed by atoms with E-state index in [2.05, 4.69) is 0 Å². The van der Waals surface area contributed by atoms with Crippen molar-refractivity contribution in [3.05, 3.63) is 71.7 Å². The second-order valence-electron chi connectivity index (χ2n) is 4.70. The van der Waals surface area contributed by atoms with Gasteiger partial charge in [-0.2, -0.15) is 0 Å². The molecule has 1 unspecified atom stereocenters. The van der Waals surface area contributed by atoms with Crippen LogP contribution < -0.4 is 5.73 Å². The molecule has 0 aliphatic rings. The lowest BCUT2D eigenvalue weighted by molar-refractivity contribution is 0.0673. The van der Waals surface area contributed by atoms with Gasteiger partial charge < -0.3 is 15.3 Å². The van der Waals surface area contributed by atoms with Crippen LogP contribution in [0, 0.1) is 5.82 Å². The van der Waals surface area contributed by atoms with Gasteiger partial charge in [0.1, 0.15) is 5.76 Å². The highest BCUT2D eigenvalue weighted by Gasteiger charge is 2.34. The number of benzene rings is 2. The molecule has 102 valence electrons. The number of para-hydroxylation sites is 1. The molecule has 4 heteroatoms. The molecule has 0 spiro atoms. The zero-order valence-electron chi connectivity index (χ0n) is 10.7. The Bertz CT molecular complexity index is 739. The summed E-state index contributed by atoms with van der Waals surface area (Å²) in [5.41, 5.74) is 5.00. The van der Waals surface area contributed by atoms with Gasteiger partial charge in [0, 0.05) is 11.9 Å². The Labute approximate surface area is 115 Å². The van der Waals surface area contributed by atoms with Crippen LogP contribution in [0.2, 0.25) is 0 Å². The van der Waals surface area contributed by atoms with Crippen molar-refractivity contribution in [2.24, 2.45) is 5.73 Å². The molecule has 3 rings (SSSR count). The fraction of sp³-hybridized carbons (Fsp3) is 0.125. The maximum Gasteiger partial charge on any atom is 0.170 e. The average Bonchev–Trinajstić information content (AvgIpc) is 2.93. The Morgan fingerprint density at radius 2 is 1.85 bits per heavy atom. The first-order valence-corrected chi connectivity index (χ1v) is 6.31. The number of rotatable bonds is 3. The van der Waals surface area contributed by atoms with Crippen molar-refractivity contribution in [3.8, 4) is 0 Å². The van der Waals surface area contributed by atoms with E-state index in [1.807, 2.05) is 6.07 Å². The maximum absolute atomic E-state index is 13.7. The van der Waals surface area contributed by atoms with E-state index in [0.29, 0.717) is 10.9 Å². The quantitative estimate of drug-likeness (QED) is 0.770. The predicted octanol–water partition coefficient (Wildman–Crippen LogP) is 2.77. The van der Waals surface area contributed by atoms with Crippen molar-refractivity contribution in [1.29, 1.82) is 0 Å². The fourth-order valence-electron chi connectivity index (χ4n) is 2.31. The van der Waals surface area contributed by atoms with E-state index < -0.39 is 11.4 Å². The largest absolute Gasteiger partial charge is 0.454 e. The fourth-order valence-corrected chi connectivity index (χ4v) is 2.31. The van der Waals surface area contributed by atoms with Crippen molar-refractivity contribution in [2.75, 3.05) is 6.54 Å². The third-order valence-electron chi connectivity index (χ3n) is 3.45. The van der Waals surface area contributed by atoms with Gasteiger partial charge >= 0.3 is 0 Å². The molecule has 0 amide bonds. The number of furan rings is 1. The minimum Gasteiger partial charge on any atom is -0.454 e. The summed E-state index contributed by atoms with van der Waals surface area (Å²) in [6, 6.07) is 15.2. The first-order chi connectivity index (χ1) is 9.65. The lowest BCUT2D eigenvalue weighted by Crippen LogP contribution is -2.35. The minimum atomic E-state index is -1.47. The Kier molecular flexibility index (Phi) is 3.04. The van der Waals surface area contributed by atoms with Crippen molar-refractivity contribution < 1.29 is 13.9 Å². The van der Waals surface area contributed by atoms with E-state index in [4.69, 9.17) is 10.2 Å². The lowest BCUT2D eigenvalue weighted by Gasteiger charge is -2.24. The Morgan fingerprint density at radius 1 is 1.10 bits per heavy atom. The summed E-state index contributed by atoms with van der Waals surface area (Å²) < 4.78 is 19.2. The molecule has 1 heterocycles. The topological polar surface area (TPSA) is 59.4 Å². The summed E-state index contributed by atoms with van der Waals surface area (Å²) >= 11 is 0. The van der Waals surface area contributed by atoms with Gasteiger partial charge in [0.15, 0.2) is 17.0 Å². The van der Waals surface area contributed by atoms with Gasteiger partial charge in [-0.25, -0.2) is 4.39 Å². The predicted molar refractivity (Wildman–Crippen MR) is 74.7 cm³/mol. The molecular weight excluding hydrogens is 257 g/mol. The van der Waals surface area contributed by atoms with Crippen LogP contribution in [-0.2, 0) is 5.60 Å². The number of halogens is 1. The zero-order chi connectivity index (χ0) is 14.2. The van der Waals surface area contributed by atoms with E-state index in [0.717, 1.165) is 0 Å². The van der Waals surface area contributed by atoms with Crippen LogP contribution in [0.1, 0.15) is 11.3 Å². The van der Waals surface area contributed by atoms with Crippen LogP contribution in [0.25, 0.3) is 11.0 Å². The molecule has 0 bridgehead atoms. The molecular formula is C16H14FNO2. The van der Waals surface area contributed by atoms with E-state index in [-0.39, 0.29) is 17.9 Å². The van der Waals surface area contributed by atoms with E-state index in [9.17, 15) is 9.50 Å². The van der Waals surface area contributed by atoms with Gasteiger partial charge in [-0.1, -0.05) is 42.5 Å². The number of aliphatic hydroxyl groups is 1. The van der Waals surface area contributed by atoms with Crippen molar-refractivity contribution in [3.63, 3.8) is 0 Å². The second-order valence-corrected chi connectivity index (χ2v) is 4.70. The van der Waals surface area contributed by atoms with Crippen LogP contribution in [0.3, 0.4) is 0 Å². The molecule has 0 saturated carbocycles. The molecule has 0 saturated heterocycles. The molecule has 0 aliphatic carbocycles. The molecule has 3 aromatic rings. The molecule has 0 fully saturated rings. The first-order valence-electron chi connectivity index (χ1n) is 6.31. The standard InChI is InChI=1S/C16H14FNO2/c17-13-8-4-5-11-9-14(20-15(11)13)16(19,10-18)12-6-2-1-3-7-12/h1-9,19H,10,18H2. The van der Waals surface area contributed by atoms with Crippen LogP contribution >= 0.6 is 0 Å². The van der Waals surface area contributed by atoms with Crippen LogP contribution in [0.5, 0.6) is 0 Å². The van der Waals surface area contributed by atoms with E-state index in [1.54, 1.807) is 42.5 Å². The first kappa shape index (κ1) is 12.8. The van der Waals surface area contributed by atoms with E-state index in [1.165, 1.54) is 6.07 Å². The minimum absolute atomic E-state index is 0.0571. The Hall–Kier alpha value is -2.17. The molecule has 3 nitrogen and oxygen atoms in total. The Balaban J connectivity index is 2.19. The molecule has 0 radical (unpaired) electrons. The molecule has 20 heavy (non-hydrogen) atoms. The average molecular weight is 271 g/mol. The number of hydrogen-bond donors (Lipinski definition) is 2. The molecule has 0 aliphatic heterocycles. The third kappa shape index (κ3) is 1.90. The van der Waals surface area contributed by atoms with Crippen LogP contribution in [-0.4, -0.2) is 11.7 Å². The van der Waals surface area contributed by atoms with Gasteiger partial charge in [0.25, 0.3) is 0 Å². The summed E-state index contributed by atoms with van der Waals surface area (Å²) in [5, 5.41) is 11.4. The molecule has 1 aromatic heterocycles. The summed E-state index contributed by atoms with van der Waals surface area (Å²) in [6.07, 6.45) is 0. The van der Waals surface area contributed by atoms with E-state index >= 15 is 0 Å². The van der Waals surface area contributed by atoms with Gasteiger partial charge in [0.2, 0.25) is 0 Å². The maximum atomic E-state index is 13.7. The van der Waals surface area contributed by atoms with Gasteiger partial charge in [-0.05, 0) is 17.7 Å². The third-order valence-corrected chi connectivity index (χ3v) is 3.45. The van der Waals surface area contributed by atoms with Gasteiger partial charge in [-0.3, -0.25) is 0 Å². The molecule has 2 aromatic carbocycles. The molecule has 3 N–H and O–H groups in total.